The Morgan fingerprint density at radius 3 is 2.52 bits per heavy atom. The minimum Gasteiger partial charge on any atom is -0.455 e. The molecule has 1 fully saturated rings. The summed E-state index contributed by atoms with van der Waals surface area (Å²) in [6.07, 6.45) is 3.31. The molecule has 3 rings (SSSR count). The van der Waals surface area contributed by atoms with Gasteiger partial charge in [0.2, 0.25) is 0 Å². The summed E-state index contributed by atoms with van der Waals surface area (Å²) in [5, 5.41) is 3.84. The van der Waals surface area contributed by atoms with Crippen molar-refractivity contribution in [2.24, 2.45) is 5.92 Å². The summed E-state index contributed by atoms with van der Waals surface area (Å²) in [7, 11) is 0. The van der Waals surface area contributed by atoms with Crippen LogP contribution in [0.15, 0.2) is 47.2 Å². The lowest BCUT2D eigenvalue weighted by Gasteiger charge is -2.32. The first kappa shape index (κ1) is 17.7. The SMILES string of the molecule is O=C(Cc1ccsc1)OCC(=O)N1CCC(Cc2ccccc2)CC1. The van der Waals surface area contributed by atoms with E-state index in [0.29, 0.717) is 5.92 Å². The molecule has 0 bridgehead atoms. The van der Waals surface area contributed by atoms with Crippen molar-refractivity contribution in [3.63, 3.8) is 0 Å². The summed E-state index contributed by atoms with van der Waals surface area (Å²) in [5.74, 6) is 0.190. The van der Waals surface area contributed by atoms with Crippen LogP contribution in [0.4, 0.5) is 0 Å². The molecule has 1 aliphatic rings. The summed E-state index contributed by atoms with van der Waals surface area (Å²) in [6, 6.07) is 12.4. The Bertz CT molecular complexity index is 676. The van der Waals surface area contributed by atoms with Crippen molar-refractivity contribution in [2.45, 2.75) is 25.7 Å². The van der Waals surface area contributed by atoms with Crippen LogP contribution in [0.1, 0.15) is 24.0 Å². The van der Waals surface area contributed by atoms with E-state index in [-0.39, 0.29) is 24.9 Å². The third-order valence-corrected chi connectivity index (χ3v) is 5.35. The van der Waals surface area contributed by atoms with Crippen molar-refractivity contribution >= 4 is 23.2 Å². The zero-order chi connectivity index (χ0) is 17.5. The van der Waals surface area contributed by atoms with Crippen molar-refractivity contribution < 1.29 is 14.3 Å². The van der Waals surface area contributed by atoms with Gasteiger partial charge < -0.3 is 9.64 Å². The Balaban J connectivity index is 1.37. The number of rotatable bonds is 6. The molecule has 132 valence electrons. The molecule has 1 aromatic carbocycles. The Kier molecular flexibility index (Phi) is 6.23. The Labute approximate surface area is 152 Å². The van der Waals surface area contributed by atoms with Crippen molar-refractivity contribution in [1.29, 1.82) is 0 Å². The van der Waals surface area contributed by atoms with Crippen LogP contribution in [-0.4, -0.2) is 36.5 Å². The first-order chi connectivity index (χ1) is 12.2. The van der Waals surface area contributed by atoms with E-state index in [4.69, 9.17) is 4.74 Å². The Morgan fingerprint density at radius 2 is 1.84 bits per heavy atom. The number of esters is 1. The van der Waals surface area contributed by atoms with Gasteiger partial charge in [0.15, 0.2) is 6.61 Å². The fourth-order valence-corrected chi connectivity index (χ4v) is 3.85. The van der Waals surface area contributed by atoms with Crippen LogP contribution in [0, 0.1) is 5.92 Å². The van der Waals surface area contributed by atoms with Gasteiger partial charge in [-0.05, 0) is 53.1 Å². The van der Waals surface area contributed by atoms with Crippen LogP contribution in [0.2, 0.25) is 0 Å². The monoisotopic (exact) mass is 357 g/mol. The number of carbonyl (C=O) groups is 2. The molecule has 0 N–H and O–H groups in total. The van der Waals surface area contributed by atoms with Gasteiger partial charge in [-0.2, -0.15) is 11.3 Å². The quantitative estimate of drug-likeness (QED) is 0.745. The molecular weight excluding hydrogens is 334 g/mol. The second-order valence-corrected chi connectivity index (χ2v) is 7.26. The lowest BCUT2D eigenvalue weighted by Crippen LogP contribution is -2.41. The zero-order valence-electron chi connectivity index (χ0n) is 14.2. The molecule has 0 saturated carbocycles. The first-order valence-electron chi connectivity index (χ1n) is 8.69. The summed E-state index contributed by atoms with van der Waals surface area (Å²) in [4.78, 5) is 25.8. The van der Waals surface area contributed by atoms with E-state index in [9.17, 15) is 9.59 Å². The maximum Gasteiger partial charge on any atom is 0.310 e. The fraction of sp³-hybridized carbons (Fsp3) is 0.400. The van der Waals surface area contributed by atoms with Gasteiger partial charge >= 0.3 is 5.97 Å². The maximum atomic E-state index is 12.2. The van der Waals surface area contributed by atoms with Crippen molar-refractivity contribution in [3.05, 3.63) is 58.3 Å². The third-order valence-electron chi connectivity index (χ3n) is 4.62. The van der Waals surface area contributed by atoms with Crippen LogP contribution in [-0.2, 0) is 27.2 Å². The number of carbonyl (C=O) groups excluding carboxylic acids is 2. The second kappa shape index (κ2) is 8.81. The summed E-state index contributed by atoms with van der Waals surface area (Å²) < 4.78 is 5.13. The topological polar surface area (TPSA) is 46.6 Å². The number of nitrogens with zero attached hydrogens (tertiary/aromatic N) is 1. The third kappa shape index (κ3) is 5.43. The standard InChI is InChI=1S/C20H23NO3S/c22-19(14-24-20(23)13-18-8-11-25-15-18)21-9-6-17(7-10-21)12-16-4-2-1-3-5-16/h1-5,8,11,15,17H,6-7,9-10,12-14H2. The number of ether oxygens (including phenoxy) is 1. The van der Waals surface area contributed by atoms with E-state index in [1.54, 1.807) is 11.3 Å². The molecular formula is C20H23NO3S. The van der Waals surface area contributed by atoms with Crippen molar-refractivity contribution in [2.75, 3.05) is 19.7 Å². The van der Waals surface area contributed by atoms with Gasteiger partial charge in [-0.3, -0.25) is 9.59 Å². The highest BCUT2D eigenvalue weighted by molar-refractivity contribution is 7.07. The number of piperidine rings is 1. The van der Waals surface area contributed by atoms with Crippen LogP contribution in [0.5, 0.6) is 0 Å². The van der Waals surface area contributed by atoms with Gasteiger partial charge in [-0.25, -0.2) is 0 Å². The van der Waals surface area contributed by atoms with E-state index in [1.807, 2.05) is 27.8 Å². The van der Waals surface area contributed by atoms with E-state index in [0.717, 1.165) is 37.9 Å². The van der Waals surface area contributed by atoms with Gasteiger partial charge in [0.05, 0.1) is 6.42 Å². The molecule has 2 heterocycles. The molecule has 0 atom stereocenters. The minimum atomic E-state index is -0.342. The molecule has 1 aliphatic heterocycles. The number of hydrogen-bond acceptors (Lipinski definition) is 4. The molecule has 0 spiro atoms. The van der Waals surface area contributed by atoms with E-state index < -0.39 is 0 Å². The Morgan fingerprint density at radius 1 is 1.08 bits per heavy atom. The molecule has 25 heavy (non-hydrogen) atoms. The maximum absolute atomic E-state index is 12.2. The summed E-state index contributed by atoms with van der Waals surface area (Å²) in [5.41, 5.74) is 2.29. The van der Waals surface area contributed by atoms with Crippen LogP contribution < -0.4 is 0 Å². The van der Waals surface area contributed by atoms with Gasteiger partial charge in [0.25, 0.3) is 5.91 Å². The highest BCUT2D eigenvalue weighted by atomic mass is 32.1. The number of benzene rings is 1. The van der Waals surface area contributed by atoms with Crippen LogP contribution in [0.25, 0.3) is 0 Å². The van der Waals surface area contributed by atoms with Crippen molar-refractivity contribution in [3.8, 4) is 0 Å². The van der Waals surface area contributed by atoms with E-state index in [2.05, 4.69) is 24.3 Å². The Hall–Kier alpha value is -2.14. The van der Waals surface area contributed by atoms with E-state index >= 15 is 0 Å². The number of hydrogen-bond donors (Lipinski definition) is 0. The summed E-state index contributed by atoms with van der Waals surface area (Å²) in [6.45, 7) is 1.35. The smallest absolute Gasteiger partial charge is 0.310 e. The second-order valence-electron chi connectivity index (χ2n) is 6.48. The van der Waals surface area contributed by atoms with Crippen LogP contribution in [0.3, 0.4) is 0 Å². The predicted molar refractivity (Wildman–Crippen MR) is 98.4 cm³/mol. The average Bonchev–Trinajstić information content (AvgIpc) is 3.14. The summed E-state index contributed by atoms with van der Waals surface area (Å²) >= 11 is 1.55. The van der Waals surface area contributed by atoms with Gasteiger partial charge in [0, 0.05) is 13.1 Å². The van der Waals surface area contributed by atoms with Crippen molar-refractivity contribution in [1.82, 2.24) is 4.90 Å². The van der Waals surface area contributed by atoms with Gasteiger partial charge in [-0.15, -0.1) is 0 Å². The molecule has 2 aromatic rings. The largest absolute Gasteiger partial charge is 0.455 e. The molecule has 4 nitrogen and oxygen atoms in total. The normalized spacial score (nSPS) is 15.1. The lowest BCUT2D eigenvalue weighted by molar-refractivity contribution is -0.152. The molecule has 0 radical (unpaired) electrons. The van der Waals surface area contributed by atoms with Crippen LogP contribution >= 0.6 is 11.3 Å². The predicted octanol–water partition coefficient (Wildman–Crippen LogP) is 3.32. The number of amides is 1. The van der Waals surface area contributed by atoms with Gasteiger partial charge in [-0.1, -0.05) is 30.3 Å². The minimum absolute atomic E-state index is 0.0863. The number of likely N-dealkylation sites (tertiary alicyclic amines) is 1. The molecule has 5 heteroatoms. The highest BCUT2D eigenvalue weighted by Gasteiger charge is 2.23. The molecule has 0 unspecified atom stereocenters. The zero-order valence-corrected chi connectivity index (χ0v) is 15.0. The van der Waals surface area contributed by atoms with Gasteiger partial charge in [0.1, 0.15) is 0 Å². The molecule has 0 aliphatic carbocycles. The van der Waals surface area contributed by atoms with E-state index in [1.165, 1.54) is 5.56 Å². The first-order valence-corrected chi connectivity index (χ1v) is 9.63. The fourth-order valence-electron chi connectivity index (χ4n) is 3.18. The molecule has 1 saturated heterocycles. The molecule has 1 aromatic heterocycles. The lowest BCUT2D eigenvalue weighted by atomic mass is 9.90. The molecule has 1 amide bonds. The number of thiophene rings is 1. The average molecular weight is 357 g/mol. The highest BCUT2D eigenvalue weighted by Crippen LogP contribution is 2.21.